The Morgan fingerprint density at radius 3 is 2.44 bits per heavy atom. The molecular formula is C5H11N3O. The first-order valence-electron chi connectivity index (χ1n) is 2.98. The lowest BCUT2D eigenvalue weighted by molar-refractivity contribution is 0.0650. The zero-order valence-electron chi connectivity index (χ0n) is 5.74. The molecule has 1 heterocycles. The highest BCUT2D eigenvalue weighted by Gasteiger charge is 2.27. The van der Waals surface area contributed by atoms with Gasteiger partial charge in [0.2, 0.25) is 0 Å². The van der Waals surface area contributed by atoms with Gasteiger partial charge in [-0.25, -0.2) is 0 Å². The molecule has 0 saturated carbocycles. The van der Waals surface area contributed by atoms with E-state index in [1.54, 1.807) is 0 Å². The number of nitroso groups, excluding NO2 is 1. The molecule has 0 atom stereocenters. The highest BCUT2D eigenvalue weighted by molar-refractivity contribution is 4.82. The molecular weight excluding hydrogens is 118 g/mol. The minimum atomic E-state index is 0.530. The molecule has 1 rings (SSSR count). The highest BCUT2D eigenvalue weighted by atomic mass is 16.3. The van der Waals surface area contributed by atoms with Gasteiger partial charge in [0, 0.05) is 6.04 Å². The molecule has 0 spiro atoms. The van der Waals surface area contributed by atoms with Gasteiger partial charge in [0.1, 0.15) is 0 Å². The third-order valence-electron chi connectivity index (χ3n) is 1.69. The summed E-state index contributed by atoms with van der Waals surface area (Å²) in [5.41, 5.74) is 0. The van der Waals surface area contributed by atoms with Crippen LogP contribution in [0.4, 0.5) is 0 Å². The first-order valence-corrected chi connectivity index (χ1v) is 2.98. The van der Waals surface area contributed by atoms with E-state index in [0.717, 1.165) is 13.1 Å². The van der Waals surface area contributed by atoms with Gasteiger partial charge in [-0.15, -0.1) is 4.91 Å². The summed E-state index contributed by atoms with van der Waals surface area (Å²) in [6, 6.07) is 0.530. The van der Waals surface area contributed by atoms with Crippen LogP contribution in [0.2, 0.25) is 0 Å². The molecule has 9 heavy (non-hydrogen) atoms. The number of hydrogen-bond acceptors (Lipinski definition) is 3. The van der Waals surface area contributed by atoms with Crippen molar-refractivity contribution >= 4 is 0 Å². The number of likely N-dealkylation sites (N-methyl/N-ethyl adjacent to an activating group) is 1. The largest absolute Gasteiger partial charge is 0.303 e. The summed E-state index contributed by atoms with van der Waals surface area (Å²) in [5, 5.41) is 4.30. The molecule has 4 nitrogen and oxygen atoms in total. The van der Waals surface area contributed by atoms with E-state index < -0.39 is 0 Å². The minimum Gasteiger partial charge on any atom is -0.303 e. The second-order valence-electron chi connectivity index (χ2n) is 2.57. The normalized spacial score (nSPS) is 20.1. The number of nitrogens with zero attached hydrogens (tertiary/aromatic N) is 3. The van der Waals surface area contributed by atoms with E-state index in [1.165, 1.54) is 5.01 Å². The van der Waals surface area contributed by atoms with Crippen LogP contribution in [0.1, 0.15) is 0 Å². The Morgan fingerprint density at radius 1 is 1.56 bits per heavy atom. The van der Waals surface area contributed by atoms with Crippen molar-refractivity contribution < 1.29 is 0 Å². The fraction of sp³-hybridized carbons (Fsp3) is 1.00. The first kappa shape index (κ1) is 6.48. The molecule has 0 unspecified atom stereocenters. The van der Waals surface area contributed by atoms with E-state index >= 15 is 0 Å². The van der Waals surface area contributed by atoms with Crippen molar-refractivity contribution in [3.8, 4) is 0 Å². The SMILES string of the molecule is CN(C)C1CN(N=O)C1. The predicted molar refractivity (Wildman–Crippen MR) is 34.8 cm³/mol. The summed E-state index contributed by atoms with van der Waals surface area (Å²) < 4.78 is 0. The lowest BCUT2D eigenvalue weighted by Crippen LogP contribution is -2.54. The Bertz CT molecular complexity index is 109. The summed E-state index contributed by atoms with van der Waals surface area (Å²) in [7, 11) is 4.01. The first-order chi connectivity index (χ1) is 4.24. The monoisotopic (exact) mass is 129 g/mol. The topological polar surface area (TPSA) is 35.9 Å². The zero-order chi connectivity index (χ0) is 6.85. The fourth-order valence-electron chi connectivity index (χ4n) is 0.826. The van der Waals surface area contributed by atoms with Crippen LogP contribution in [0.5, 0.6) is 0 Å². The zero-order valence-corrected chi connectivity index (χ0v) is 5.74. The van der Waals surface area contributed by atoms with Crippen LogP contribution in [0.3, 0.4) is 0 Å². The Hall–Kier alpha value is -0.640. The molecule has 0 N–H and O–H groups in total. The Morgan fingerprint density at radius 2 is 2.11 bits per heavy atom. The van der Waals surface area contributed by atoms with Gasteiger partial charge in [0.15, 0.2) is 0 Å². The van der Waals surface area contributed by atoms with Crippen molar-refractivity contribution in [3.63, 3.8) is 0 Å². The molecule has 1 saturated heterocycles. The molecule has 0 aromatic carbocycles. The average molecular weight is 129 g/mol. The van der Waals surface area contributed by atoms with Crippen LogP contribution in [-0.2, 0) is 0 Å². The van der Waals surface area contributed by atoms with Gasteiger partial charge >= 0.3 is 0 Å². The third kappa shape index (κ3) is 1.18. The van der Waals surface area contributed by atoms with Crippen molar-refractivity contribution in [2.75, 3.05) is 27.2 Å². The summed E-state index contributed by atoms with van der Waals surface area (Å²) in [4.78, 5) is 11.9. The van der Waals surface area contributed by atoms with Crippen LogP contribution in [0, 0.1) is 4.91 Å². The smallest absolute Gasteiger partial charge is 0.0566 e. The molecule has 1 aliphatic heterocycles. The van der Waals surface area contributed by atoms with Gasteiger partial charge in [-0.3, -0.25) is 5.01 Å². The lowest BCUT2D eigenvalue weighted by atomic mass is 10.1. The number of hydrogen-bond donors (Lipinski definition) is 0. The van der Waals surface area contributed by atoms with Gasteiger partial charge < -0.3 is 4.90 Å². The van der Waals surface area contributed by atoms with Crippen LogP contribution >= 0.6 is 0 Å². The fourth-order valence-corrected chi connectivity index (χ4v) is 0.826. The molecule has 0 aliphatic carbocycles. The maximum Gasteiger partial charge on any atom is 0.0566 e. The van der Waals surface area contributed by atoms with Crippen LogP contribution in [-0.4, -0.2) is 43.1 Å². The maximum atomic E-state index is 9.81. The van der Waals surface area contributed by atoms with Gasteiger partial charge in [0.25, 0.3) is 0 Å². The lowest BCUT2D eigenvalue weighted by Gasteiger charge is -2.38. The molecule has 1 aliphatic rings. The van der Waals surface area contributed by atoms with Crippen molar-refractivity contribution in [1.29, 1.82) is 0 Å². The predicted octanol–water partition coefficient (Wildman–Crippen LogP) is -0.0864. The van der Waals surface area contributed by atoms with Crippen molar-refractivity contribution in [2.45, 2.75) is 6.04 Å². The molecule has 0 aromatic rings. The third-order valence-corrected chi connectivity index (χ3v) is 1.69. The van der Waals surface area contributed by atoms with Crippen molar-refractivity contribution in [1.82, 2.24) is 9.91 Å². The van der Waals surface area contributed by atoms with E-state index in [4.69, 9.17) is 0 Å². The second kappa shape index (κ2) is 2.31. The summed E-state index contributed by atoms with van der Waals surface area (Å²) in [6.07, 6.45) is 0. The van der Waals surface area contributed by atoms with Gasteiger partial charge in [-0.1, -0.05) is 0 Å². The molecule has 0 bridgehead atoms. The Labute approximate surface area is 54.4 Å². The molecule has 1 fully saturated rings. The second-order valence-corrected chi connectivity index (χ2v) is 2.57. The van der Waals surface area contributed by atoms with Crippen LogP contribution in [0.15, 0.2) is 5.29 Å². The highest BCUT2D eigenvalue weighted by Crippen LogP contribution is 2.10. The molecule has 4 heteroatoms. The van der Waals surface area contributed by atoms with E-state index in [-0.39, 0.29) is 0 Å². The van der Waals surface area contributed by atoms with Gasteiger partial charge in [0.05, 0.1) is 18.4 Å². The van der Waals surface area contributed by atoms with E-state index in [0.29, 0.717) is 6.04 Å². The summed E-state index contributed by atoms with van der Waals surface area (Å²) >= 11 is 0. The minimum absolute atomic E-state index is 0.530. The van der Waals surface area contributed by atoms with Crippen molar-refractivity contribution in [2.24, 2.45) is 5.29 Å². The van der Waals surface area contributed by atoms with E-state index in [9.17, 15) is 4.91 Å². The van der Waals surface area contributed by atoms with Crippen LogP contribution in [0.25, 0.3) is 0 Å². The summed E-state index contributed by atoms with van der Waals surface area (Å²) in [5.74, 6) is 0. The summed E-state index contributed by atoms with van der Waals surface area (Å²) in [6.45, 7) is 1.58. The Kier molecular flexibility index (Phi) is 1.66. The van der Waals surface area contributed by atoms with Crippen molar-refractivity contribution in [3.05, 3.63) is 4.91 Å². The molecule has 0 aromatic heterocycles. The average Bonchev–Trinajstić information content (AvgIpc) is 1.61. The molecule has 0 radical (unpaired) electrons. The van der Waals surface area contributed by atoms with Gasteiger partial charge in [-0.05, 0) is 14.1 Å². The maximum absolute atomic E-state index is 9.81. The van der Waals surface area contributed by atoms with E-state index in [1.807, 2.05) is 14.1 Å². The Balaban J connectivity index is 2.19. The number of rotatable bonds is 2. The standard InChI is InChI=1S/C5H11N3O/c1-7(2)5-3-8(4-5)6-9/h5H,3-4H2,1-2H3. The van der Waals surface area contributed by atoms with Gasteiger partial charge in [-0.2, -0.15) is 0 Å². The van der Waals surface area contributed by atoms with Crippen LogP contribution < -0.4 is 0 Å². The van der Waals surface area contributed by atoms with E-state index in [2.05, 4.69) is 10.2 Å². The quantitative estimate of drug-likeness (QED) is 0.489. The molecule has 0 amide bonds. The molecule has 52 valence electrons.